The van der Waals surface area contributed by atoms with Crippen molar-refractivity contribution >= 4 is 34.1 Å². The standard InChI is InChI=1S/C17H18ClN5O/c1-22-13-5-3-2-4-11(13)14(18)16(22)17(24)23-7-6-10(9-23)15-12(19)8-20-21-15/h2-5,8,10H,6-7,9,19H2,1H3,(H,20,21). The molecule has 0 saturated carbocycles. The van der Waals surface area contributed by atoms with Crippen LogP contribution >= 0.6 is 11.6 Å². The van der Waals surface area contributed by atoms with E-state index in [1.807, 2.05) is 40.8 Å². The lowest BCUT2D eigenvalue weighted by atomic mass is 10.0. The fraction of sp³-hybridized carbons (Fsp3) is 0.294. The monoisotopic (exact) mass is 343 g/mol. The second kappa shape index (κ2) is 5.56. The number of amides is 1. The molecule has 0 spiro atoms. The van der Waals surface area contributed by atoms with E-state index in [1.54, 1.807) is 6.20 Å². The number of aryl methyl sites for hydroxylation is 1. The van der Waals surface area contributed by atoms with Crippen molar-refractivity contribution in [1.29, 1.82) is 0 Å². The van der Waals surface area contributed by atoms with E-state index in [0.29, 0.717) is 29.5 Å². The number of fused-ring (bicyclic) bond motifs is 1. The van der Waals surface area contributed by atoms with Gasteiger partial charge in [0.25, 0.3) is 5.91 Å². The van der Waals surface area contributed by atoms with Crippen molar-refractivity contribution in [3.8, 4) is 0 Å². The first-order valence-corrected chi connectivity index (χ1v) is 8.26. The van der Waals surface area contributed by atoms with E-state index in [-0.39, 0.29) is 11.8 Å². The molecule has 1 atom stereocenters. The molecule has 1 aromatic carbocycles. The maximum absolute atomic E-state index is 13.0. The molecule has 0 aliphatic carbocycles. The third kappa shape index (κ3) is 2.17. The first-order chi connectivity index (χ1) is 11.6. The summed E-state index contributed by atoms with van der Waals surface area (Å²) in [5.74, 6) is 0.143. The van der Waals surface area contributed by atoms with E-state index in [1.165, 1.54) is 0 Å². The summed E-state index contributed by atoms with van der Waals surface area (Å²) in [6, 6.07) is 7.78. The van der Waals surface area contributed by atoms with Crippen LogP contribution in [-0.2, 0) is 7.05 Å². The SMILES string of the molecule is Cn1c(C(=O)N2CCC(c3[nH]ncc3N)C2)c(Cl)c2ccccc21. The number of hydrogen-bond donors (Lipinski definition) is 2. The van der Waals surface area contributed by atoms with Gasteiger partial charge in [0.2, 0.25) is 0 Å². The van der Waals surface area contributed by atoms with Gasteiger partial charge in [-0.2, -0.15) is 5.10 Å². The lowest BCUT2D eigenvalue weighted by Crippen LogP contribution is -2.30. The predicted molar refractivity (Wildman–Crippen MR) is 94.2 cm³/mol. The lowest BCUT2D eigenvalue weighted by Gasteiger charge is -2.17. The number of nitrogens with two attached hydrogens (primary N) is 1. The number of H-pyrrole nitrogens is 1. The van der Waals surface area contributed by atoms with Gasteiger partial charge >= 0.3 is 0 Å². The zero-order valence-corrected chi connectivity index (χ0v) is 14.0. The maximum atomic E-state index is 13.0. The number of carbonyl (C=O) groups is 1. The molecule has 0 radical (unpaired) electrons. The third-order valence-electron chi connectivity index (χ3n) is 4.83. The topological polar surface area (TPSA) is 79.9 Å². The van der Waals surface area contributed by atoms with Crippen molar-refractivity contribution in [3.05, 3.63) is 46.9 Å². The molecule has 6 nitrogen and oxygen atoms in total. The van der Waals surface area contributed by atoms with Crippen LogP contribution < -0.4 is 5.73 Å². The van der Waals surface area contributed by atoms with Gasteiger partial charge in [-0.25, -0.2) is 0 Å². The largest absolute Gasteiger partial charge is 0.396 e. The number of para-hydroxylation sites is 1. The van der Waals surface area contributed by atoms with E-state index in [4.69, 9.17) is 17.3 Å². The van der Waals surface area contributed by atoms with Crippen LogP contribution in [0.15, 0.2) is 30.5 Å². The van der Waals surface area contributed by atoms with Gasteiger partial charge in [-0.1, -0.05) is 29.8 Å². The Morgan fingerprint density at radius 3 is 2.92 bits per heavy atom. The number of aromatic amines is 1. The number of nitrogen functional groups attached to an aromatic ring is 1. The van der Waals surface area contributed by atoms with Crippen LogP contribution in [0.5, 0.6) is 0 Å². The number of anilines is 1. The average molecular weight is 344 g/mol. The Kier molecular flexibility index (Phi) is 3.49. The summed E-state index contributed by atoms with van der Waals surface area (Å²) in [6.45, 7) is 1.29. The maximum Gasteiger partial charge on any atom is 0.272 e. The van der Waals surface area contributed by atoms with Gasteiger partial charge in [0.1, 0.15) is 5.69 Å². The Hall–Kier alpha value is -2.47. The van der Waals surface area contributed by atoms with Gasteiger partial charge in [0.15, 0.2) is 0 Å². The summed E-state index contributed by atoms with van der Waals surface area (Å²) in [7, 11) is 1.88. The van der Waals surface area contributed by atoms with Crippen molar-refractivity contribution in [1.82, 2.24) is 19.7 Å². The summed E-state index contributed by atoms with van der Waals surface area (Å²) in [4.78, 5) is 14.9. The molecule has 124 valence electrons. The van der Waals surface area contributed by atoms with E-state index in [0.717, 1.165) is 23.0 Å². The molecule has 1 unspecified atom stereocenters. The number of rotatable bonds is 2. The van der Waals surface area contributed by atoms with Crippen LogP contribution in [0.4, 0.5) is 5.69 Å². The van der Waals surface area contributed by atoms with Crippen LogP contribution in [0.3, 0.4) is 0 Å². The Morgan fingerprint density at radius 2 is 2.21 bits per heavy atom. The summed E-state index contributed by atoms with van der Waals surface area (Å²) >= 11 is 6.49. The molecule has 4 rings (SSSR count). The number of nitrogens with zero attached hydrogens (tertiary/aromatic N) is 3. The Morgan fingerprint density at radius 1 is 1.42 bits per heavy atom. The molecule has 3 heterocycles. The molecular formula is C17H18ClN5O. The van der Waals surface area contributed by atoms with Crippen molar-refractivity contribution in [3.63, 3.8) is 0 Å². The molecule has 1 aliphatic rings. The first-order valence-electron chi connectivity index (χ1n) is 7.89. The molecular weight excluding hydrogens is 326 g/mol. The highest BCUT2D eigenvalue weighted by atomic mass is 35.5. The highest BCUT2D eigenvalue weighted by molar-refractivity contribution is 6.38. The normalized spacial score (nSPS) is 17.8. The van der Waals surface area contributed by atoms with Crippen LogP contribution in [0.1, 0.15) is 28.5 Å². The van der Waals surface area contributed by atoms with Crippen molar-refractivity contribution in [2.45, 2.75) is 12.3 Å². The van der Waals surface area contributed by atoms with Crippen LogP contribution in [0.25, 0.3) is 10.9 Å². The van der Waals surface area contributed by atoms with Gasteiger partial charge in [0.05, 0.1) is 22.6 Å². The average Bonchev–Trinajstić information content (AvgIpc) is 3.27. The van der Waals surface area contributed by atoms with Crippen molar-refractivity contribution < 1.29 is 4.79 Å². The molecule has 2 aromatic heterocycles. The highest BCUT2D eigenvalue weighted by Gasteiger charge is 2.32. The Labute approximate surface area is 144 Å². The van der Waals surface area contributed by atoms with Gasteiger partial charge < -0.3 is 15.2 Å². The Bertz CT molecular complexity index is 889. The molecule has 0 bridgehead atoms. The third-order valence-corrected chi connectivity index (χ3v) is 5.21. The van der Waals surface area contributed by atoms with Crippen LogP contribution in [0, 0.1) is 0 Å². The zero-order valence-electron chi connectivity index (χ0n) is 13.3. The van der Waals surface area contributed by atoms with E-state index >= 15 is 0 Å². The minimum absolute atomic E-state index is 0.0423. The summed E-state index contributed by atoms with van der Waals surface area (Å²) < 4.78 is 1.87. The van der Waals surface area contributed by atoms with E-state index in [2.05, 4.69) is 10.2 Å². The fourth-order valence-electron chi connectivity index (χ4n) is 3.55. The fourth-order valence-corrected chi connectivity index (χ4v) is 3.91. The minimum atomic E-state index is -0.0423. The van der Waals surface area contributed by atoms with Gasteiger partial charge in [-0.05, 0) is 12.5 Å². The number of halogens is 1. The molecule has 1 amide bonds. The molecule has 7 heteroatoms. The number of carbonyl (C=O) groups excluding carboxylic acids is 1. The second-order valence-electron chi connectivity index (χ2n) is 6.21. The molecule has 3 N–H and O–H groups in total. The number of aromatic nitrogens is 3. The van der Waals surface area contributed by atoms with Crippen molar-refractivity contribution in [2.24, 2.45) is 7.05 Å². The lowest BCUT2D eigenvalue weighted by molar-refractivity contribution is 0.0782. The molecule has 1 fully saturated rings. The van der Waals surface area contributed by atoms with Crippen LogP contribution in [0.2, 0.25) is 5.02 Å². The van der Waals surface area contributed by atoms with Gasteiger partial charge in [-0.15, -0.1) is 0 Å². The quantitative estimate of drug-likeness (QED) is 0.750. The number of nitrogens with one attached hydrogen (secondary N) is 1. The minimum Gasteiger partial charge on any atom is -0.396 e. The first kappa shape index (κ1) is 15.1. The summed E-state index contributed by atoms with van der Waals surface area (Å²) in [5.41, 5.74) is 8.99. The van der Waals surface area contributed by atoms with Crippen LogP contribution in [-0.4, -0.2) is 38.7 Å². The smallest absolute Gasteiger partial charge is 0.272 e. The summed E-state index contributed by atoms with van der Waals surface area (Å²) in [5, 5.41) is 8.34. The van der Waals surface area contributed by atoms with E-state index < -0.39 is 0 Å². The molecule has 1 saturated heterocycles. The van der Waals surface area contributed by atoms with Crippen molar-refractivity contribution in [2.75, 3.05) is 18.8 Å². The van der Waals surface area contributed by atoms with Gasteiger partial charge in [-0.3, -0.25) is 9.89 Å². The number of benzene rings is 1. The van der Waals surface area contributed by atoms with E-state index in [9.17, 15) is 4.79 Å². The molecule has 3 aromatic rings. The predicted octanol–water partition coefficient (Wildman–Crippen LogP) is 2.77. The summed E-state index contributed by atoms with van der Waals surface area (Å²) in [6.07, 6.45) is 2.47. The second-order valence-corrected chi connectivity index (χ2v) is 6.59. The molecule has 1 aliphatic heterocycles. The molecule has 24 heavy (non-hydrogen) atoms. The number of likely N-dealkylation sites (tertiary alicyclic amines) is 1. The van der Waals surface area contributed by atoms with Gasteiger partial charge in [0, 0.05) is 37.0 Å². The Balaban J connectivity index is 1.65. The highest BCUT2D eigenvalue weighted by Crippen LogP contribution is 2.34. The zero-order chi connectivity index (χ0) is 16.8. The number of hydrogen-bond acceptors (Lipinski definition) is 3.